The van der Waals surface area contributed by atoms with Gasteiger partial charge in [-0.1, -0.05) is 0 Å². The molecule has 0 saturated carbocycles. The van der Waals surface area contributed by atoms with Crippen LogP contribution in [-0.2, 0) is 9.84 Å². The van der Waals surface area contributed by atoms with Crippen LogP contribution < -0.4 is 5.43 Å². The van der Waals surface area contributed by atoms with Crippen molar-refractivity contribution in [3.63, 3.8) is 0 Å². The van der Waals surface area contributed by atoms with Gasteiger partial charge in [-0.2, -0.15) is 13.2 Å². The number of nitrogens with zero attached hydrogens (tertiary/aromatic N) is 1. The minimum Gasteiger partial charge on any atom is -0.294 e. The number of aromatic nitrogens is 1. The SMILES string of the molecule is Cc1ccc(C)n1Nc1ccc(S(=O)(=O)C(F)(F)F)cc1. The highest BCUT2D eigenvalue weighted by Crippen LogP contribution is 2.30. The molecule has 0 aliphatic carbocycles. The summed E-state index contributed by atoms with van der Waals surface area (Å²) >= 11 is 0. The highest BCUT2D eigenvalue weighted by atomic mass is 32.2. The van der Waals surface area contributed by atoms with Gasteiger partial charge in [0.05, 0.1) is 10.6 Å². The van der Waals surface area contributed by atoms with Crippen molar-refractivity contribution in [2.75, 3.05) is 5.43 Å². The highest BCUT2D eigenvalue weighted by Gasteiger charge is 2.46. The summed E-state index contributed by atoms with van der Waals surface area (Å²) in [5, 5.41) is 0. The van der Waals surface area contributed by atoms with Gasteiger partial charge in [0, 0.05) is 11.4 Å². The molecule has 0 aliphatic rings. The average molecular weight is 318 g/mol. The Hall–Kier alpha value is -1.96. The number of hydrogen-bond donors (Lipinski definition) is 1. The number of anilines is 1. The van der Waals surface area contributed by atoms with E-state index in [1.165, 1.54) is 12.1 Å². The largest absolute Gasteiger partial charge is 0.501 e. The molecule has 114 valence electrons. The zero-order valence-corrected chi connectivity index (χ0v) is 12.1. The van der Waals surface area contributed by atoms with Crippen LogP contribution in [0.4, 0.5) is 18.9 Å². The van der Waals surface area contributed by atoms with E-state index >= 15 is 0 Å². The molecular weight excluding hydrogens is 305 g/mol. The summed E-state index contributed by atoms with van der Waals surface area (Å²) in [6.45, 7) is 3.73. The second-order valence-corrected chi connectivity index (χ2v) is 6.48. The fraction of sp³-hybridized carbons (Fsp3) is 0.231. The summed E-state index contributed by atoms with van der Waals surface area (Å²) in [7, 11) is -5.31. The van der Waals surface area contributed by atoms with Gasteiger partial charge in [0.25, 0.3) is 9.84 Å². The summed E-state index contributed by atoms with van der Waals surface area (Å²) in [6.07, 6.45) is 0. The van der Waals surface area contributed by atoms with Gasteiger partial charge in [-0.25, -0.2) is 8.42 Å². The van der Waals surface area contributed by atoms with Crippen molar-refractivity contribution in [3.05, 3.63) is 47.8 Å². The Morgan fingerprint density at radius 2 is 1.43 bits per heavy atom. The summed E-state index contributed by atoms with van der Waals surface area (Å²) in [5.74, 6) is 0. The van der Waals surface area contributed by atoms with E-state index in [0.717, 1.165) is 23.5 Å². The van der Waals surface area contributed by atoms with Crippen molar-refractivity contribution in [2.24, 2.45) is 0 Å². The third kappa shape index (κ3) is 2.90. The first kappa shape index (κ1) is 15.4. The van der Waals surface area contributed by atoms with E-state index in [2.05, 4.69) is 5.43 Å². The summed E-state index contributed by atoms with van der Waals surface area (Å²) in [6, 6.07) is 8.20. The van der Waals surface area contributed by atoms with Crippen LogP contribution in [0.5, 0.6) is 0 Å². The van der Waals surface area contributed by atoms with E-state index in [9.17, 15) is 21.6 Å². The number of benzene rings is 1. The van der Waals surface area contributed by atoms with Gasteiger partial charge in [-0.3, -0.25) is 10.1 Å². The molecule has 1 aromatic carbocycles. The summed E-state index contributed by atoms with van der Waals surface area (Å²) in [5.41, 5.74) is -0.000480. The molecule has 0 fully saturated rings. The molecular formula is C13H13F3N2O2S. The molecule has 0 atom stereocenters. The smallest absolute Gasteiger partial charge is 0.294 e. The Labute approximate surface area is 120 Å². The summed E-state index contributed by atoms with van der Waals surface area (Å²) < 4.78 is 61.5. The van der Waals surface area contributed by atoms with Gasteiger partial charge in [0.1, 0.15) is 0 Å². The molecule has 1 heterocycles. The van der Waals surface area contributed by atoms with Gasteiger partial charge in [0.15, 0.2) is 0 Å². The molecule has 0 spiro atoms. The molecule has 8 heteroatoms. The van der Waals surface area contributed by atoms with Crippen LogP contribution in [0, 0.1) is 13.8 Å². The monoisotopic (exact) mass is 318 g/mol. The zero-order valence-electron chi connectivity index (χ0n) is 11.3. The molecule has 0 unspecified atom stereocenters. The van der Waals surface area contributed by atoms with E-state index < -0.39 is 20.2 Å². The van der Waals surface area contributed by atoms with Gasteiger partial charge in [-0.05, 0) is 50.2 Å². The number of hydrogen-bond acceptors (Lipinski definition) is 3. The van der Waals surface area contributed by atoms with E-state index in [1.807, 2.05) is 26.0 Å². The number of rotatable bonds is 3. The standard InChI is InChI=1S/C13H13F3N2O2S/c1-9-3-4-10(2)18(9)17-11-5-7-12(8-6-11)21(19,20)13(14,15)16/h3-8,17H,1-2H3. The van der Waals surface area contributed by atoms with Gasteiger partial charge < -0.3 is 0 Å². The lowest BCUT2D eigenvalue weighted by atomic mass is 10.3. The minimum atomic E-state index is -5.31. The Morgan fingerprint density at radius 3 is 1.86 bits per heavy atom. The lowest BCUT2D eigenvalue weighted by molar-refractivity contribution is -0.0436. The molecule has 0 bridgehead atoms. The maximum atomic E-state index is 12.4. The molecule has 2 rings (SSSR count). The molecule has 2 aromatic rings. The third-order valence-corrected chi connectivity index (χ3v) is 4.48. The van der Waals surface area contributed by atoms with Crippen LogP contribution in [0.2, 0.25) is 0 Å². The molecule has 21 heavy (non-hydrogen) atoms. The Kier molecular flexibility index (Phi) is 3.75. The third-order valence-electron chi connectivity index (χ3n) is 2.98. The second-order valence-electron chi connectivity index (χ2n) is 4.54. The molecule has 1 aromatic heterocycles. The number of alkyl halides is 3. The minimum absolute atomic E-state index is 0.485. The van der Waals surface area contributed by atoms with Crippen molar-refractivity contribution >= 4 is 15.5 Å². The van der Waals surface area contributed by atoms with Crippen LogP contribution in [0.25, 0.3) is 0 Å². The molecule has 0 radical (unpaired) electrons. The van der Waals surface area contributed by atoms with Crippen LogP contribution in [0.3, 0.4) is 0 Å². The highest BCUT2D eigenvalue weighted by molar-refractivity contribution is 7.92. The van der Waals surface area contributed by atoms with Crippen LogP contribution >= 0.6 is 0 Å². The molecule has 1 N–H and O–H groups in total. The first-order valence-electron chi connectivity index (χ1n) is 5.96. The van der Waals surface area contributed by atoms with Crippen LogP contribution in [0.1, 0.15) is 11.4 Å². The van der Waals surface area contributed by atoms with Gasteiger partial charge in [0.2, 0.25) is 0 Å². The summed E-state index contributed by atoms with van der Waals surface area (Å²) in [4.78, 5) is -0.776. The maximum absolute atomic E-state index is 12.4. The first-order valence-corrected chi connectivity index (χ1v) is 7.44. The average Bonchev–Trinajstić information content (AvgIpc) is 2.70. The fourth-order valence-electron chi connectivity index (χ4n) is 1.82. The van der Waals surface area contributed by atoms with Crippen molar-refractivity contribution in [2.45, 2.75) is 24.3 Å². The molecule has 0 amide bonds. The van der Waals surface area contributed by atoms with E-state index in [-0.39, 0.29) is 0 Å². The van der Waals surface area contributed by atoms with E-state index in [0.29, 0.717) is 5.69 Å². The fourth-order valence-corrected chi connectivity index (χ4v) is 2.58. The number of sulfone groups is 1. The molecule has 0 aliphatic heterocycles. The Bertz CT molecular complexity index is 727. The number of nitrogens with one attached hydrogen (secondary N) is 1. The van der Waals surface area contributed by atoms with Gasteiger partial charge in [-0.15, -0.1) is 0 Å². The van der Waals surface area contributed by atoms with Crippen molar-refractivity contribution in [1.82, 2.24) is 4.68 Å². The van der Waals surface area contributed by atoms with Crippen LogP contribution in [0.15, 0.2) is 41.3 Å². The van der Waals surface area contributed by atoms with Crippen molar-refractivity contribution < 1.29 is 21.6 Å². The first-order chi connectivity index (χ1) is 9.63. The number of aryl methyl sites for hydroxylation is 2. The molecule has 0 saturated heterocycles. The Morgan fingerprint density at radius 1 is 0.952 bits per heavy atom. The van der Waals surface area contributed by atoms with Crippen molar-refractivity contribution in [3.8, 4) is 0 Å². The van der Waals surface area contributed by atoms with Crippen LogP contribution in [-0.4, -0.2) is 18.6 Å². The zero-order chi connectivity index (χ0) is 15.8. The van der Waals surface area contributed by atoms with E-state index in [4.69, 9.17) is 0 Å². The number of halogens is 3. The quantitative estimate of drug-likeness (QED) is 0.945. The molecule has 4 nitrogen and oxygen atoms in total. The Balaban J connectivity index is 2.29. The topological polar surface area (TPSA) is 51.1 Å². The van der Waals surface area contributed by atoms with Crippen molar-refractivity contribution in [1.29, 1.82) is 0 Å². The second kappa shape index (κ2) is 5.10. The lowest BCUT2D eigenvalue weighted by Gasteiger charge is -2.13. The predicted octanol–water partition coefficient (Wildman–Crippen LogP) is 3.27. The normalized spacial score (nSPS) is 12.4. The lowest BCUT2D eigenvalue weighted by Crippen LogP contribution is -2.23. The van der Waals surface area contributed by atoms with Gasteiger partial charge >= 0.3 is 5.51 Å². The predicted molar refractivity (Wildman–Crippen MR) is 72.6 cm³/mol. The maximum Gasteiger partial charge on any atom is 0.501 e. The van der Waals surface area contributed by atoms with E-state index in [1.54, 1.807) is 4.68 Å².